The van der Waals surface area contributed by atoms with Crippen molar-refractivity contribution in [2.75, 3.05) is 5.73 Å². The molecule has 0 saturated heterocycles. The zero-order valence-electron chi connectivity index (χ0n) is 10.3. The summed E-state index contributed by atoms with van der Waals surface area (Å²) in [7, 11) is 0. The van der Waals surface area contributed by atoms with Crippen molar-refractivity contribution >= 4 is 29.1 Å². The van der Waals surface area contributed by atoms with Crippen LogP contribution in [0.4, 0.5) is 5.69 Å². The minimum absolute atomic E-state index is 0.149. The van der Waals surface area contributed by atoms with Crippen LogP contribution in [0.3, 0.4) is 0 Å². The molecule has 2 N–H and O–H groups in total. The Hall–Kier alpha value is -2.40. The molecule has 0 atom stereocenters. The van der Waals surface area contributed by atoms with Gasteiger partial charge in [0.15, 0.2) is 0 Å². The van der Waals surface area contributed by atoms with Gasteiger partial charge in [0.1, 0.15) is 0 Å². The van der Waals surface area contributed by atoms with Crippen LogP contribution in [0.2, 0.25) is 5.02 Å². The van der Waals surface area contributed by atoms with E-state index in [1.54, 1.807) is 24.5 Å². The molecule has 100 valence electrons. The molecule has 1 aliphatic rings. The summed E-state index contributed by atoms with van der Waals surface area (Å²) >= 11 is 6.00. The quantitative estimate of drug-likeness (QED) is 0.678. The number of anilines is 1. The van der Waals surface area contributed by atoms with Crippen LogP contribution in [0.1, 0.15) is 26.3 Å². The van der Waals surface area contributed by atoms with Crippen LogP contribution < -0.4 is 5.73 Å². The molecule has 1 aromatic carbocycles. The molecule has 0 aliphatic carbocycles. The number of nitrogen functional groups attached to an aromatic ring is 1. The summed E-state index contributed by atoms with van der Waals surface area (Å²) in [5.41, 5.74) is 7.17. The van der Waals surface area contributed by atoms with Crippen molar-refractivity contribution in [2.45, 2.75) is 6.54 Å². The van der Waals surface area contributed by atoms with Gasteiger partial charge in [-0.2, -0.15) is 0 Å². The Morgan fingerprint density at radius 1 is 1.15 bits per heavy atom. The van der Waals surface area contributed by atoms with Crippen LogP contribution in [0, 0.1) is 0 Å². The van der Waals surface area contributed by atoms with Crippen molar-refractivity contribution in [3.8, 4) is 0 Å². The van der Waals surface area contributed by atoms with Gasteiger partial charge < -0.3 is 5.73 Å². The van der Waals surface area contributed by atoms with E-state index in [4.69, 9.17) is 17.3 Å². The fraction of sp³-hybridized carbons (Fsp3) is 0.0714. The third-order valence-corrected chi connectivity index (χ3v) is 3.48. The number of hydrogen-bond acceptors (Lipinski definition) is 4. The van der Waals surface area contributed by atoms with Gasteiger partial charge in [-0.25, -0.2) is 0 Å². The monoisotopic (exact) mass is 287 g/mol. The van der Waals surface area contributed by atoms with E-state index in [0.717, 1.165) is 10.5 Å². The maximum Gasteiger partial charge on any atom is 0.264 e. The Morgan fingerprint density at radius 2 is 1.90 bits per heavy atom. The minimum atomic E-state index is -0.425. The number of rotatable bonds is 2. The summed E-state index contributed by atoms with van der Waals surface area (Å²) in [4.78, 5) is 29.7. The van der Waals surface area contributed by atoms with Crippen molar-refractivity contribution < 1.29 is 9.59 Å². The maximum atomic E-state index is 12.3. The zero-order valence-corrected chi connectivity index (χ0v) is 11.1. The number of benzene rings is 1. The molecule has 5 nitrogen and oxygen atoms in total. The van der Waals surface area contributed by atoms with Gasteiger partial charge >= 0.3 is 0 Å². The van der Waals surface area contributed by atoms with Crippen molar-refractivity contribution in [3.63, 3.8) is 0 Å². The number of halogens is 1. The van der Waals surface area contributed by atoms with Crippen LogP contribution in [0.25, 0.3) is 0 Å². The average Bonchev–Trinajstić information content (AvgIpc) is 2.70. The van der Waals surface area contributed by atoms with Crippen molar-refractivity contribution in [2.24, 2.45) is 0 Å². The van der Waals surface area contributed by atoms with Gasteiger partial charge in [-0.3, -0.25) is 19.5 Å². The molecule has 0 saturated carbocycles. The number of nitrogens with zero attached hydrogens (tertiary/aromatic N) is 2. The lowest BCUT2D eigenvalue weighted by molar-refractivity contribution is 0.0642. The standard InChI is InChI=1S/C14H10ClN3O2/c15-9-3-4-10(16)12-11(9)13(19)18(14(12)20)7-8-2-1-5-17-6-8/h1-6H,7,16H2. The van der Waals surface area contributed by atoms with E-state index in [0.29, 0.717) is 0 Å². The Balaban J connectivity index is 2.02. The Labute approximate surface area is 120 Å². The number of pyridine rings is 1. The highest BCUT2D eigenvalue weighted by Gasteiger charge is 2.38. The van der Waals surface area contributed by atoms with Crippen molar-refractivity contribution in [1.29, 1.82) is 0 Å². The number of aromatic nitrogens is 1. The number of hydrogen-bond donors (Lipinski definition) is 1. The Kier molecular flexibility index (Phi) is 2.91. The largest absolute Gasteiger partial charge is 0.398 e. The topological polar surface area (TPSA) is 76.3 Å². The fourth-order valence-electron chi connectivity index (χ4n) is 2.21. The van der Waals surface area contributed by atoms with E-state index < -0.39 is 11.8 Å². The van der Waals surface area contributed by atoms with Gasteiger partial charge in [0, 0.05) is 18.1 Å². The maximum absolute atomic E-state index is 12.3. The summed E-state index contributed by atoms with van der Waals surface area (Å²) < 4.78 is 0. The van der Waals surface area contributed by atoms with Crippen LogP contribution in [-0.4, -0.2) is 21.7 Å². The predicted molar refractivity (Wildman–Crippen MR) is 74.3 cm³/mol. The highest BCUT2D eigenvalue weighted by Crippen LogP contribution is 2.33. The van der Waals surface area contributed by atoms with Gasteiger partial charge in [-0.15, -0.1) is 0 Å². The molecule has 0 spiro atoms. The first-order chi connectivity index (χ1) is 9.59. The molecule has 1 aliphatic heterocycles. The summed E-state index contributed by atoms with van der Waals surface area (Å²) in [6.07, 6.45) is 3.23. The lowest BCUT2D eigenvalue weighted by atomic mass is 10.1. The van der Waals surface area contributed by atoms with Crippen molar-refractivity contribution in [3.05, 3.63) is 58.4 Å². The average molecular weight is 288 g/mol. The predicted octanol–water partition coefficient (Wildman–Crippen LogP) is 2.11. The van der Waals surface area contributed by atoms with E-state index in [2.05, 4.69) is 4.98 Å². The number of carbonyl (C=O) groups is 2. The number of imide groups is 1. The van der Waals surface area contributed by atoms with Crippen molar-refractivity contribution in [1.82, 2.24) is 9.88 Å². The summed E-state index contributed by atoms with van der Waals surface area (Å²) in [5.74, 6) is -0.847. The minimum Gasteiger partial charge on any atom is -0.398 e. The third kappa shape index (κ3) is 1.83. The van der Waals surface area contributed by atoms with Crippen LogP contribution in [0.15, 0.2) is 36.7 Å². The van der Waals surface area contributed by atoms with E-state index in [9.17, 15) is 9.59 Å². The summed E-state index contributed by atoms with van der Waals surface area (Å²) in [6, 6.07) is 6.59. The second-order valence-electron chi connectivity index (χ2n) is 4.44. The molecule has 20 heavy (non-hydrogen) atoms. The lowest BCUT2D eigenvalue weighted by Crippen LogP contribution is -2.29. The van der Waals surface area contributed by atoms with Gasteiger partial charge in [-0.05, 0) is 23.8 Å². The molecule has 2 aromatic rings. The molecule has 6 heteroatoms. The highest BCUT2D eigenvalue weighted by atomic mass is 35.5. The third-order valence-electron chi connectivity index (χ3n) is 3.17. The zero-order chi connectivity index (χ0) is 14.3. The fourth-order valence-corrected chi connectivity index (χ4v) is 2.45. The number of carbonyl (C=O) groups excluding carboxylic acids is 2. The van der Waals surface area contributed by atoms with E-state index >= 15 is 0 Å². The van der Waals surface area contributed by atoms with Crippen LogP contribution in [-0.2, 0) is 6.54 Å². The molecule has 0 fully saturated rings. The van der Waals surface area contributed by atoms with E-state index in [1.807, 2.05) is 0 Å². The van der Waals surface area contributed by atoms with E-state index in [-0.39, 0.29) is 28.4 Å². The number of amides is 2. The molecule has 1 aromatic heterocycles. The first-order valence-corrected chi connectivity index (χ1v) is 6.30. The SMILES string of the molecule is Nc1ccc(Cl)c2c1C(=O)N(Cc1cccnc1)C2=O. The molecule has 2 heterocycles. The van der Waals surface area contributed by atoms with Gasteiger partial charge in [-0.1, -0.05) is 17.7 Å². The number of nitrogens with two attached hydrogens (primary N) is 1. The van der Waals surface area contributed by atoms with E-state index in [1.165, 1.54) is 12.1 Å². The Bertz CT molecular complexity index is 675. The summed E-state index contributed by atoms with van der Waals surface area (Å²) in [6.45, 7) is 0.149. The molecule has 0 radical (unpaired) electrons. The first-order valence-electron chi connectivity index (χ1n) is 5.92. The number of fused-ring (bicyclic) bond motifs is 1. The van der Waals surface area contributed by atoms with Crippen LogP contribution >= 0.6 is 11.6 Å². The molecular formula is C14H10ClN3O2. The second-order valence-corrected chi connectivity index (χ2v) is 4.85. The van der Waals surface area contributed by atoms with Crippen LogP contribution in [0.5, 0.6) is 0 Å². The molecule has 0 bridgehead atoms. The first kappa shape index (κ1) is 12.6. The normalized spacial score (nSPS) is 13.8. The summed E-state index contributed by atoms with van der Waals surface area (Å²) in [5, 5.41) is 0.237. The van der Waals surface area contributed by atoms with Gasteiger partial charge in [0.05, 0.1) is 22.7 Å². The highest BCUT2D eigenvalue weighted by molar-refractivity contribution is 6.37. The smallest absolute Gasteiger partial charge is 0.264 e. The molecular weight excluding hydrogens is 278 g/mol. The Morgan fingerprint density at radius 3 is 2.55 bits per heavy atom. The second kappa shape index (κ2) is 4.61. The molecule has 0 unspecified atom stereocenters. The molecule has 2 amide bonds. The van der Waals surface area contributed by atoms with Gasteiger partial charge in [0.25, 0.3) is 11.8 Å². The van der Waals surface area contributed by atoms with Gasteiger partial charge in [0.2, 0.25) is 0 Å². The molecule has 3 rings (SSSR count). The lowest BCUT2D eigenvalue weighted by Gasteiger charge is -2.13.